The van der Waals surface area contributed by atoms with Gasteiger partial charge in [-0.25, -0.2) is 4.98 Å². The predicted molar refractivity (Wildman–Crippen MR) is 92.5 cm³/mol. The van der Waals surface area contributed by atoms with E-state index in [2.05, 4.69) is 10.3 Å². The number of aromatic nitrogens is 2. The van der Waals surface area contributed by atoms with Crippen molar-refractivity contribution in [3.8, 4) is 0 Å². The third-order valence-corrected chi connectivity index (χ3v) is 3.69. The molecule has 0 bridgehead atoms. The van der Waals surface area contributed by atoms with Gasteiger partial charge in [0.15, 0.2) is 0 Å². The van der Waals surface area contributed by atoms with E-state index in [1.165, 1.54) is 22.8 Å². The SMILES string of the molecule is Cc1nc2ccccc2c(=O)n1CC(=O)Nc1cccc([N+](=O)[O-])c1. The van der Waals surface area contributed by atoms with E-state index in [4.69, 9.17) is 0 Å². The number of benzene rings is 2. The van der Waals surface area contributed by atoms with Gasteiger partial charge in [-0.15, -0.1) is 0 Å². The number of nitro groups is 1. The molecule has 1 N–H and O–H groups in total. The molecule has 0 unspecified atom stereocenters. The smallest absolute Gasteiger partial charge is 0.271 e. The van der Waals surface area contributed by atoms with Gasteiger partial charge in [-0.1, -0.05) is 18.2 Å². The molecule has 3 rings (SSSR count). The number of aryl methyl sites for hydroxylation is 1. The monoisotopic (exact) mass is 338 g/mol. The van der Waals surface area contributed by atoms with Crippen molar-refractivity contribution in [1.82, 2.24) is 9.55 Å². The van der Waals surface area contributed by atoms with Crippen LogP contribution in [-0.2, 0) is 11.3 Å². The van der Waals surface area contributed by atoms with Crippen molar-refractivity contribution in [3.63, 3.8) is 0 Å². The fourth-order valence-electron chi connectivity index (χ4n) is 2.51. The maximum atomic E-state index is 12.5. The van der Waals surface area contributed by atoms with Crippen molar-refractivity contribution < 1.29 is 9.72 Å². The van der Waals surface area contributed by atoms with Crippen molar-refractivity contribution >= 4 is 28.2 Å². The minimum absolute atomic E-state index is 0.126. The van der Waals surface area contributed by atoms with Gasteiger partial charge >= 0.3 is 0 Å². The van der Waals surface area contributed by atoms with Crippen molar-refractivity contribution in [3.05, 3.63) is 74.8 Å². The molecule has 3 aromatic rings. The van der Waals surface area contributed by atoms with Crippen LogP contribution in [0, 0.1) is 17.0 Å². The van der Waals surface area contributed by atoms with Gasteiger partial charge in [0.05, 0.1) is 15.8 Å². The lowest BCUT2D eigenvalue weighted by Gasteiger charge is -2.11. The van der Waals surface area contributed by atoms with E-state index in [9.17, 15) is 19.7 Å². The molecule has 25 heavy (non-hydrogen) atoms. The van der Waals surface area contributed by atoms with Crippen LogP contribution in [0.4, 0.5) is 11.4 Å². The molecule has 0 saturated heterocycles. The number of anilines is 1. The molecule has 1 amide bonds. The van der Waals surface area contributed by atoms with E-state index in [1.54, 1.807) is 37.3 Å². The average Bonchev–Trinajstić information content (AvgIpc) is 2.59. The molecular formula is C17H14N4O4. The predicted octanol–water partition coefficient (Wildman–Crippen LogP) is 2.25. The molecule has 0 saturated carbocycles. The Kier molecular flexibility index (Phi) is 4.25. The molecule has 0 atom stereocenters. The molecular weight excluding hydrogens is 324 g/mol. The first-order valence-corrected chi connectivity index (χ1v) is 7.46. The second kappa shape index (κ2) is 6.52. The van der Waals surface area contributed by atoms with E-state index < -0.39 is 10.8 Å². The summed E-state index contributed by atoms with van der Waals surface area (Å²) < 4.78 is 1.27. The zero-order valence-electron chi connectivity index (χ0n) is 13.3. The zero-order chi connectivity index (χ0) is 18.0. The standard InChI is InChI=1S/C17H14N4O4/c1-11-18-15-8-3-2-7-14(15)17(23)20(11)10-16(22)19-12-5-4-6-13(9-12)21(24)25/h2-9H,10H2,1H3,(H,19,22). The number of nitrogens with one attached hydrogen (secondary N) is 1. The molecule has 0 fully saturated rings. The Morgan fingerprint density at radius 3 is 2.76 bits per heavy atom. The van der Waals surface area contributed by atoms with Gasteiger partial charge in [-0.3, -0.25) is 24.3 Å². The number of non-ortho nitro benzene ring substituents is 1. The lowest BCUT2D eigenvalue weighted by atomic mass is 10.2. The summed E-state index contributed by atoms with van der Waals surface area (Å²) in [4.78, 5) is 39.3. The van der Waals surface area contributed by atoms with Gasteiger partial charge in [0.2, 0.25) is 5.91 Å². The highest BCUT2D eigenvalue weighted by molar-refractivity contribution is 5.91. The number of fused-ring (bicyclic) bond motifs is 1. The summed E-state index contributed by atoms with van der Waals surface area (Å²) in [6.45, 7) is 1.42. The minimum atomic E-state index is -0.544. The van der Waals surface area contributed by atoms with Crippen LogP contribution in [0.15, 0.2) is 53.3 Å². The first kappa shape index (κ1) is 16.3. The Hall–Kier alpha value is -3.55. The van der Waals surface area contributed by atoms with E-state index >= 15 is 0 Å². The van der Waals surface area contributed by atoms with E-state index in [0.717, 1.165) is 0 Å². The molecule has 0 spiro atoms. The van der Waals surface area contributed by atoms with E-state index in [-0.39, 0.29) is 17.8 Å². The van der Waals surface area contributed by atoms with Crippen molar-refractivity contribution in [1.29, 1.82) is 0 Å². The van der Waals surface area contributed by atoms with Crippen LogP contribution in [0.2, 0.25) is 0 Å². The molecule has 8 heteroatoms. The maximum absolute atomic E-state index is 12.5. The van der Waals surface area contributed by atoms with Crippen LogP contribution in [-0.4, -0.2) is 20.4 Å². The van der Waals surface area contributed by atoms with Gasteiger partial charge in [-0.2, -0.15) is 0 Å². The minimum Gasteiger partial charge on any atom is -0.324 e. The number of hydrogen-bond donors (Lipinski definition) is 1. The quantitative estimate of drug-likeness (QED) is 0.580. The normalized spacial score (nSPS) is 10.6. The molecule has 126 valence electrons. The summed E-state index contributed by atoms with van der Waals surface area (Å²) in [7, 11) is 0. The molecule has 8 nitrogen and oxygen atoms in total. The Morgan fingerprint density at radius 2 is 2.00 bits per heavy atom. The number of hydrogen-bond acceptors (Lipinski definition) is 5. The molecule has 0 aliphatic rings. The van der Waals surface area contributed by atoms with E-state index in [1.807, 2.05) is 0 Å². The van der Waals surface area contributed by atoms with Gasteiger partial charge in [-0.05, 0) is 25.1 Å². The molecule has 1 aromatic heterocycles. The average molecular weight is 338 g/mol. The molecule has 1 heterocycles. The lowest BCUT2D eigenvalue weighted by Crippen LogP contribution is -2.30. The lowest BCUT2D eigenvalue weighted by molar-refractivity contribution is -0.384. The summed E-state index contributed by atoms with van der Waals surface area (Å²) in [6.07, 6.45) is 0. The number of nitrogens with zero attached hydrogens (tertiary/aromatic N) is 3. The third-order valence-electron chi connectivity index (χ3n) is 3.69. The number of amides is 1. The Labute approximate surface area is 141 Å². The molecule has 0 radical (unpaired) electrons. The van der Waals surface area contributed by atoms with Crippen LogP contribution in [0.1, 0.15) is 5.82 Å². The van der Waals surface area contributed by atoms with Gasteiger partial charge in [0.1, 0.15) is 12.4 Å². The summed E-state index contributed by atoms with van der Waals surface area (Å²) in [5.41, 5.74) is 0.426. The summed E-state index contributed by atoms with van der Waals surface area (Å²) in [5, 5.41) is 13.8. The van der Waals surface area contributed by atoms with Crippen molar-refractivity contribution in [2.75, 3.05) is 5.32 Å². The highest BCUT2D eigenvalue weighted by Crippen LogP contribution is 2.17. The highest BCUT2D eigenvalue weighted by atomic mass is 16.6. The first-order valence-electron chi connectivity index (χ1n) is 7.46. The first-order chi connectivity index (χ1) is 12.0. The number of rotatable bonds is 4. The van der Waals surface area contributed by atoms with Crippen LogP contribution in [0.25, 0.3) is 10.9 Å². The largest absolute Gasteiger partial charge is 0.324 e. The summed E-state index contributed by atoms with van der Waals surface area (Å²) in [6, 6.07) is 12.5. The van der Waals surface area contributed by atoms with Crippen molar-refractivity contribution in [2.45, 2.75) is 13.5 Å². The highest BCUT2D eigenvalue weighted by Gasteiger charge is 2.13. The van der Waals surface area contributed by atoms with E-state index in [0.29, 0.717) is 22.4 Å². The fraction of sp³-hybridized carbons (Fsp3) is 0.118. The van der Waals surface area contributed by atoms with Gasteiger partial charge in [0.25, 0.3) is 11.2 Å². The molecule has 0 aliphatic carbocycles. The Balaban J connectivity index is 1.86. The third kappa shape index (κ3) is 3.37. The fourth-order valence-corrected chi connectivity index (χ4v) is 2.51. The summed E-state index contributed by atoms with van der Waals surface area (Å²) >= 11 is 0. The number of para-hydroxylation sites is 1. The van der Waals surface area contributed by atoms with Gasteiger partial charge < -0.3 is 5.32 Å². The second-order valence-electron chi connectivity index (χ2n) is 5.42. The second-order valence-corrected chi connectivity index (χ2v) is 5.42. The van der Waals surface area contributed by atoms with Crippen molar-refractivity contribution in [2.24, 2.45) is 0 Å². The Morgan fingerprint density at radius 1 is 1.24 bits per heavy atom. The van der Waals surface area contributed by atoms with Gasteiger partial charge in [0, 0.05) is 17.8 Å². The maximum Gasteiger partial charge on any atom is 0.271 e. The van der Waals surface area contributed by atoms with Crippen LogP contribution >= 0.6 is 0 Å². The van der Waals surface area contributed by atoms with Crippen LogP contribution in [0.3, 0.4) is 0 Å². The topological polar surface area (TPSA) is 107 Å². The Bertz CT molecular complexity index is 1040. The number of nitro benzene ring substituents is 1. The summed E-state index contributed by atoms with van der Waals surface area (Å²) in [5.74, 6) is -0.0549. The van der Waals surface area contributed by atoms with Crippen LogP contribution < -0.4 is 10.9 Å². The number of carbonyl (C=O) groups excluding carboxylic acids is 1. The van der Waals surface area contributed by atoms with Crippen LogP contribution in [0.5, 0.6) is 0 Å². The number of carbonyl (C=O) groups is 1. The zero-order valence-corrected chi connectivity index (χ0v) is 13.3. The molecule has 0 aliphatic heterocycles. The molecule has 2 aromatic carbocycles.